The van der Waals surface area contributed by atoms with Crippen LogP contribution in [0.5, 0.6) is 0 Å². The van der Waals surface area contributed by atoms with E-state index < -0.39 is 0 Å². The Morgan fingerprint density at radius 2 is 1.69 bits per heavy atom. The lowest BCUT2D eigenvalue weighted by Crippen LogP contribution is -2.48. The van der Waals surface area contributed by atoms with Crippen molar-refractivity contribution in [2.45, 2.75) is 39.3 Å². The molecule has 7 nitrogen and oxygen atoms in total. The third-order valence-electron chi connectivity index (χ3n) is 7.61. The number of carbonyl (C=O) groups excluding carboxylic acids is 2. The molecule has 2 aliphatic heterocycles. The van der Waals surface area contributed by atoms with E-state index >= 15 is 0 Å². The number of hydrogen-bond acceptors (Lipinski definition) is 5. The second kappa shape index (κ2) is 11.3. The van der Waals surface area contributed by atoms with Gasteiger partial charge in [-0.05, 0) is 60.7 Å². The number of nitrogens with one attached hydrogen (secondary N) is 2. The van der Waals surface area contributed by atoms with Crippen molar-refractivity contribution in [2.24, 2.45) is 5.92 Å². The number of rotatable bonds is 6. The average Bonchev–Trinajstić information content (AvgIpc) is 3.06. The van der Waals surface area contributed by atoms with E-state index in [4.69, 9.17) is 0 Å². The van der Waals surface area contributed by atoms with Crippen LogP contribution in [0.4, 0.5) is 11.4 Å². The van der Waals surface area contributed by atoms with Crippen LogP contribution in [0, 0.1) is 17.2 Å². The zero-order chi connectivity index (χ0) is 27.5. The summed E-state index contributed by atoms with van der Waals surface area (Å²) in [4.78, 5) is 30.4. The predicted octanol–water partition coefficient (Wildman–Crippen LogP) is 5.20. The summed E-state index contributed by atoms with van der Waals surface area (Å²) in [5.74, 6) is 0.262. The number of fused-ring (bicyclic) bond motifs is 2. The lowest BCUT2D eigenvalue weighted by Gasteiger charge is -2.41. The molecule has 0 aliphatic carbocycles. The zero-order valence-corrected chi connectivity index (χ0v) is 22.8. The van der Waals surface area contributed by atoms with E-state index in [-0.39, 0.29) is 23.9 Å². The number of piperazine rings is 1. The molecule has 1 fully saturated rings. The van der Waals surface area contributed by atoms with Crippen molar-refractivity contribution >= 4 is 23.2 Å². The molecule has 0 aromatic heterocycles. The van der Waals surface area contributed by atoms with Gasteiger partial charge in [-0.3, -0.25) is 14.5 Å². The van der Waals surface area contributed by atoms with Crippen molar-refractivity contribution < 1.29 is 9.59 Å². The van der Waals surface area contributed by atoms with Crippen LogP contribution in [0.25, 0.3) is 0 Å². The predicted molar refractivity (Wildman–Crippen MR) is 154 cm³/mol. The van der Waals surface area contributed by atoms with Crippen molar-refractivity contribution in [3.05, 3.63) is 94.5 Å². The largest absolute Gasteiger partial charge is 0.368 e. The molecule has 2 atom stereocenters. The van der Waals surface area contributed by atoms with E-state index in [2.05, 4.69) is 46.4 Å². The minimum atomic E-state index is -0.148. The summed E-state index contributed by atoms with van der Waals surface area (Å²) in [6.07, 6.45) is 0.902. The Hall–Kier alpha value is -4.15. The van der Waals surface area contributed by atoms with Gasteiger partial charge in [-0.15, -0.1) is 0 Å². The van der Waals surface area contributed by atoms with Gasteiger partial charge in [-0.25, -0.2) is 0 Å². The molecule has 1 saturated heterocycles. The van der Waals surface area contributed by atoms with Crippen LogP contribution < -0.4 is 15.5 Å². The van der Waals surface area contributed by atoms with E-state index in [1.165, 1.54) is 0 Å². The SMILES string of the molecule is CC(C)CC(C)NC(=O)c1ccc(N2CCN(C3c4ccccc4NC(=O)c4ccccc43)CC2)c(C#N)c1. The highest BCUT2D eigenvalue weighted by atomic mass is 16.2. The number of nitrogens with zero attached hydrogens (tertiary/aromatic N) is 3. The highest BCUT2D eigenvalue weighted by Gasteiger charge is 2.33. The van der Waals surface area contributed by atoms with E-state index in [9.17, 15) is 14.9 Å². The highest BCUT2D eigenvalue weighted by Crippen LogP contribution is 2.39. The van der Waals surface area contributed by atoms with Crippen LogP contribution in [-0.2, 0) is 0 Å². The van der Waals surface area contributed by atoms with Gasteiger partial charge in [-0.2, -0.15) is 5.26 Å². The molecule has 2 heterocycles. The van der Waals surface area contributed by atoms with E-state index in [0.717, 1.165) is 55.1 Å². The Morgan fingerprint density at radius 1 is 1.00 bits per heavy atom. The van der Waals surface area contributed by atoms with Gasteiger partial charge < -0.3 is 15.5 Å². The minimum Gasteiger partial charge on any atom is -0.368 e. The maximum Gasteiger partial charge on any atom is 0.256 e. The Bertz CT molecular complexity index is 1420. The maximum atomic E-state index is 13.0. The molecule has 2 amide bonds. The number of carbonyl (C=O) groups is 2. The summed E-state index contributed by atoms with van der Waals surface area (Å²) in [7, 11) is 0. The smallest absolute Gasteiger partial charge is 0.256 e. The van der Waals surface area contributed by atoms with Gasteiger partial charge in [-0.1, -0.05) is 50.2 Å². The van der Waals surface area contributed by atoms with Crippen molar-refractivity contribution in [1.82, 2.24) is 10.2 Å². The third-order valence-corrected chi connectivity index (χ3v) is 7.61. The molecule has 0 radical (unpaired) electrons. The minimum absolute atomic E-state index is 0.0483. The normalized spacial score (nSPS) is 17.9. The molecule has 200 valence electrons. The summed E-state index contributed by atoms with van der Waals surface area (Å²) in [6.45, 7) is 9.27. The second-order valence-electron chi connectivity index (χ2n) is 10.9. The molecule has 39 heavy (non-hydrogen) atoms. The fraction of sp³-hybridized carbons (Fsp3) is 0.344. The van der Waals surface area contributed by atoms with Crippen molar-refractivity contribution in [3.8, 4) is 6.07 Å². The first-order chi connectivity index (χ1) is 18.9. The zero-order valence-electron chi connectivity index (χ0n) is 22.8. The Kier molecular flexibility index (Phi) is 7.67. The summed E-state index contributed by atoms with van der Waals surface area (Å²) in [6, 6.07) is 23.6. The molecule has 3 aromatic carbocycles. The number of nitriles is 1. The number of amides is 2. The molecule has 0 spiro atoms. The van der Waals surface area contributed by atoms with E-state index in [1.54, 1.807) is 6.07 Å². The Labute approximate surface area is 230 Å². The molecule has 5 rings (SSSR count). The second-order valence-corrected chi connectivity index (χ2v) is 10.9. The van der Waals surface area contributed by atoms with Crippen LogP contribution in [-0.4, -0.2) is 48.9 Å². The fourth-order valence-electron chi connectivity index (χ4n) is 5.88. The van der Waals surface area contributed by atoms with Gasteiger partial charge in [0.1, 0.15) is 6.07 Å². The van der Waals surface area contributed by atoms with Crippen LogP contribution in [0.15, 0.2) is 66.7 Å². The van der Waals surface area contributed by atoms with Gasteiger partial charge in [0.05, 0.1) is 17.3 Å². The summed E-state index contributed by atoms with van der Waals surface area (Å²) >= 11 is 0. The molecular formula is C32H35N5O2. The summed E-state index contributed by atoms with van der Waals surface area (Å²) in [5, 5.41) is 16.1. The molecule has 2 aliphatic rings. The lowest BCUT2D eigenvalue weighted by molar-refractivity contribution is 0.0935. The van der Waals surface area contributed by atoms with Gasteiger partial charge >= 0.3 is 0 Å². The maximum absolute atomic E-state index is 13.0. The third kappa shape index (κ3) is 5.52. The summed E-state index contributed by atoms with van der Waals surface area (Å²) < 4.78 is 0. The van der Waals surface area contributed by atoms with Gasteiger partial charge in [0.25, 0.3) is 11.8 Å². The van der Waals surface area contributed by atoms with E-state index in [1.807, 2.05) is 61.5 Å². The van der Waals surface area contributed by atoms with Gasteiger partial charge in [0.2, 0.25) is 0 Å². The molecule has 2 N–H and O–H groups in total. The van der Waals surface area contributed by atoms with Crippen molar-refractivity contribution in [2.75, 3.05) is 36.4 Å². The van der Waals surface area contributed by atoms with Crippen molar-refractivity contribution in [1.29, 1.82) is 5.26 Å². The first-order valence-electron chi connectivity index (χ1n) is 13.7. The summed E-state index contributed by atoms with van der Waals surface area (Å²) in [5.41, 5.74) is 5.50. The average molecular weight is 522 g/mol. The molecule has 3 aromatic rings. The van der Waals surface area contributed by atoms with Gasteiger partial charge in [0, 0.05) is 49.0 Å². The lowest BCUT2D eigenvalue weighted by atomic mass is 9.93. The topological polar surface area (TPSA) is 88.5 Å². The van der Waals surface area contributed by atoms with E-state index in [0.29, 0.717) is 22.6 Å². The van der Waals surface area contributed by atoms with Crippen molar-refractivity contribution in [3.63, 3.8) is 0 Å². The Morgan fingerprint density at radius 3 is 2.41 bits per heavy atom. The monoisotopic (exact) mass is 521 g/mol. The molecular weight excluding hydrogens is 486 g/mol. The molecule has 0 saturated carbocycles. The number of benzene rings is 3. The molecule has 2 unspecified atom stereocenters. The first-order valence-corrected chi connectivity index (χ1v) is 13.7. The van der Waals surface area contributed by atoms with Crippen LogP contribution in [0.2, 0.25) is 0 Å². The van der Waals surface area contributed by atoms with Crippen LogP contribution in [0.1, 0.15) is 70.6 Å². The Balaban J connectivity index is 1.35. The molecule has 7 heteroatoms. The van der Waals surface area contributed by atoms with Crippen LogP contribution in [0.3, 0.4) is 0 Å². The number of hydrogen-bond donors (Lipinski definition) is 2. The standard InChI is InChI=1S/C32H35N5O2/c1-21(2)18-22(3)34-31(38)23-12-13-29(24(19-23)20-33)36-14-16-37(17-15-36)30-25-8-4-5-9-26(25)32(39)35-28-11-7-6-10-27(28)30/h4-13,19,21-22,30H,14-18H2,1-3H3,(H,34,38)(H,35,39). The first kappa shape index (κ1) is 26.5. The number of para-hydroxylation sites is 1. The number of anilines is 2. The molecule has 0 bridgehead atoms. The van der Waals surface area contributed by atoms with Crippen LogP contribution >= 0.6 is 0 Å². The quantitative estimate of drug-likeness (QED) is 0.466. The highest BCUT2D eigenvalue weighted by molar-refractivity contribution is 6.07. The fourth-order valence-corrected chi connectivity index (χ4v) is 5.88. The van der Waals surface area contributed by atoms with Gasteiger partial charge in [0.15, 0.2) is 0 Å².